The van der Waals surface area contributed by atoms with Crippen molar-refractivity contribution in [1.82, 2.24) is 9.97 Å². The molecule has 0 aromatic carbocycles. The van der Waals surface area contributed by atoms with E-state index in [1.54, 1.807) is 31.5 Å². The van der Waals surface area contributed by atoms with Crippen molar-refractivity contribution in [1.29, 1.82) is 10.5 Å². The first-order valence-corrected chi connectivity index (χ1v) is 8.49. The van der Waals surface area contributed by atoms with E-state index in [2.05, 4.69) is 32.8 Å². The monoisotopic (exact) mass is 355 g/mol. The number of pyridine rings is 2. The molecule has 0 spiro atoms. The normalized spacial score (nSPS) is 13.0. The van der Waals surface area contributed by atoms with Crippen molar-refractivity contribution >= 4 is 5.82 Å². The van der Waals surface area contributed by atoms with Gasteiger partial charge in [-0.25, -0.2) is 9.97 Å². The van der Waals surface area contributed by atoms with Crippen LogP contribution in [0.15, 0.2) is 42.2 Å². The zero-order valence-electron chi connectivity index (χ0n) is 14.9. The van der Waals surface area contributed by atoms with Crippen LogP contribution in [0, 0.1) is 34.5 Å². The molecule has 0 saturated carbocycles. The Bertz CT molecular complexity index is 990. The van der Waals surface area contributed by atoms with Gasteiger partial charge in [-0.2, -0.15) is 10.5 Å². The van der Waals surface area contributed by atoms with Crippen molar-refractivity contribution < 1.29 is 4.74 Å². The molecule has 1 aliphatic heterocycles. The lowest BCUT2D eigenvalue weighted by molar-refractivity contribution is 0.412. The molecule has 1 aliphatic rings. The van der Waals surface area contributed by atoms with Gasteiger partial charge in [-0.1, -0.05) is 11.5 Å². The van der Waals surface area contributed by atoms with Gasteiger partial charge in [0.15, 0.2) is 0 Å². The first-order valence-electron chi connectivity index (χ1n) is 8.49. The standard InChI is InChI=1S/C21H17N5O/c1-27-20-7-10-24-21(19(20)14-23)26-11-8-16(9-12-26)3-2-4-18-6-5-17(13-22)15-25-18/h3,5-7,10,15H,8-9,11-12H2,1H3. The second kappa shape index (κ2) is 8.52. The maximum Gasteiger partial charge on any atom is 0.150 e. The van der Waals surface area contributed by atoms with E-state index < -0.39 is 0 Å². The lowest BCUT2D eigenvalue weighted by Gasteiger charge is -2.30. The smallest absolute Gasteiger partial charge is 0.150 e. The Morgan fingerprint density at radius 3 is 2.56 bits per heavy atom. The van der Waals surface area contributed by atoms with E-state index in [-0.39, 0.29) is 0 Å². The highest BCUT2D eigenvalue weighted by atomic mass is 16.5. The SMILES string of the molecule is COc1ccnc(N2CCC(=CC#Cc3ccc(C#N)cn3)CC2)c1C#N. The van der Waals surface area contributed by atoms with Crippen LogP contribution in [0.2, 0.25) is 0 Å². The Balaban J connectivity index is 1.66. The molecule has 132 valence electrons. The molecule has 6 heteroatoms. The molecule has 1 saturated heterocycles. The lowest BCUT2D eigenvalue weighted by Crippen LogP contribution is -2.32. The average molecular weight is 355 g/mol. The zero-order chi connectivity index (χ0) is 19.1. The summed E-state index contributed by atoms with van der Waals surface area (Å²) in [5, 5.41) is 18.2. The molecule has 0 radical (unpaired) electrons. The Morgan fingerprint density at radius 1 is 1.11 bits per heavy atom. The number of hydrogen-bond donors (Lipinski definition) is 0. The molecule has 2 aromatic rings. The quantitative estimate of drug-likeness (QED) is 0.770. The average Bonchev–Trinajstić information content (AvgIpc) is 2.74. The molecule has 6 nitrogen and oxygen atoms in total. The maximum absolute atomic E-state index is 9.42. The molecular formula is C21H17N5O. The topological polar surface area (TPSA) is 85.8 Å². The molecule has 0 unspecified atom stereocenters. The molecule has 0 aliphatic carbocycles. The van der Waals surface area contributed by atoms with Gasteiger partial charge in [0, 0.05) is 25.5 Å². The van der Waals surface area contributed by atoms with Crippen molar-refractivity contribution in [2.45, 2.75) is 12.8 Å². The van der Waals surface area contributed by atoms with Crippen LogP contribution in [-0.4, -0.2) is 30.2 Å². The van der Waals surface area contributed by atoms with Gasteiger partial charge in [0.25, 0.3) is 0 Å². The number of ether oxygens (including phenoxy) is 1. The van der Waals surface area contributed by atoms with Gasteiger partial charge in [-0.15, -0.1) is 0 Å². The molecule has 27 heavy (non-hydrogen) atoms. The molecule has 3 heterocycles. The molecule has 0 atom stereocenters. The zero-order valence-corrected chi connectivity index (χ0v) is 14.9. The third-order valence-electron chi connectivity index (χ3n) is 4.30. The summed E-state index contributed by atoms with van der Waals surface area (Å²) in [6, 6.07) is 9.37. The Morgan fingerprint density at radius 2 is 1.93 bits per heavy atom. The number of anilines is 1. The van der Waals surface area contributed by atoms with Crippen LogP contribution in [-0.2, 0) is 0 Å². The summed E-state index contributed by atoms with van der Waals surface area (Å²) < 4.78 is 5.26. The van der Waals surface area contributed by atoms with Gasteiger partial charge >= 0.3 is 0 Å². The minimum atomic E-state index is 0.471. The fourth-order valence-corrected chi connectivity index (χ4v) is 2.84. The first-order chi connectivity index (χ1) is 13.2. The van der Waals surface area contributed by atoms with E-state index in [0.717, 1.165) is 25.9 Å². The summed E-state index contributed by atoms with van der Waals surface area (Å²) in [7, 11) is 1.55. The summed E-state index contributed by atoms with van der Waals surface area (Å²) in [6.07, 6.45) is 6.83. The predicted octanol–water partition coefficient (Wildman–Crippen LogP) is 2.81. The van der Waals surface area contributed by atoms with Crippen molar-refractivity contribution in [3.63, 3.8) is 0 Å². The number of allylic oxidation sites excluding steroid dienone is 1. The van der Waals surface area contributed by atoms with Gasteiger partial charge in [-0.3, -0.25) is 0 Å². The van der Waals surface area contributed by atoms with E-state index in [1.165, 1.54) is 11.8 Å². The van der Waals surface area contributed by atoms with Gasteiger partial charge in [0.05, 0.1) is 12.7 Å². The number of nitrogens with zero attached hydrogens (tertiary/aromatic N) is 5. The van der Waals surface area contributed by atoms with Crippen molar-refractivity contribution in [2.75, 3.05) is 25.1 Å². The number of methoxy groups -OCH3 is 1. The van der Waals surface area contributed by atoms with E-state index in [0.29, 0.717) is 28.4 Å². The highest BCUT2D eigenvalue weighted by molar-refractivity contribution is 5.60. The van der Waals surface area contributed by atoms with Gasteiger partial charge < -0.3 is 9.64 Å². The third kappa shape index (κ3) is 4.24. The third-order valence-corrected chi connectivity index (χ3v) is 4.30. The van der Waals surface area contributed by atoms with Crippen LogP contribution in [0.1, 0.15) is 29.7 Å². The number of aromatic nitrogens is 2. The molecule has 0 amide bonds. The minimum absolute atomic E-state index is 0.471. The molecule has 3 rings (SSSR count). The predicted molar refractivity (Wildman–Crippen MR) is 101 cm³/mol. The maximum atomic E-state index is 9.42. The van der Waals surface area contributed by atoms with Crippen molar-refractivity contribution in [3.8, 4) is 29.7 Å². The molecule has 1 fully saturated rings. The summed E-state index contributed by atoms with van der Waals surface area (Å²) in [5.74, 6) is 7.24. The van der Waals surface area contributed by atoms with Gasteiger partial charge in [0.2, 0.25) is 0 Å². The van der Waals surface area contributed by atoms with Crippen molar-refractivity contribution in [2.24, 2.45) is 0 Å². The number of rotatable bonds is 2. The van der Waals surface area contributed by atoms with Crippen LogP contribution >= 0.6 is 0 Å². The first kappa shape index (κ1) is 18.0. The van der Waals surface area contributed by atoms with Crippen LogP contribution in [0.4, 0.5) is 5.82 Å². The Kier molecular flexibility index (Phi) is 5.67. The largest absolute Gasteiger partial charge is 0.495 e. The molecule has 0 N–H and O–H groups in total. The highest BCUT2D eigenvalue weighted by Crippen LogP contribution is 2.29. The van der Waals surface area contributed by atoms with Gasteiger partial charge in [0.1, 0.15) is 35.0 Å². The van der Waals surface area contributed by atoms with Crippen LogP contribution in [0.25, 0.3) is 0 Å². The van der Waals surface area contributed by atoms with Gasteiger partial charge in [-0.05, 0) is 43.0 Å². The Labute approximate surface area is 158 Å². The number of piperidine rings is 1. The molecular weight excluding hydrogens is 338 g/mol. The second-order valence-electron chi connectivity index (χ2n) is 5.93. The van der Waals surface area contributed by atoms with E-state index in [4.69, 9.17) is 10.00 Å². The van der Waals surface area contributed by atoms with E-state index >= 15 is 0 Å². The van der Waals surface area contributed by atoms with Crippen LogP contribution < -0.4 is 9.64 Å². The Hall–Kier alpha value is -3.82. The second-order valence-corrected chi connectivity index (χ2v) is 5.93. The summed E-state index contributed by atoms with van der Waals surface area (Å²) in [6.45, 7) is 1.55. The highest BCUT2D eigenvalue weighted by Gasteiger charge is 2.20. The van der Waals surface area contributed by atoms with Crippen LogP contribution in [0.3, 0.4) is 0 Å². The summed E-state index contributed by atoms with van der Waals surface area (Å²) in [5.41, 5.74) is 2.89. The summed E-state index contributed by atoms with van der Waals surface area (Å²) >= 11 is 0. The fourth-order valence-electron chi connectivity index (χ4n) is 2.84. The number of hydrogen-bond acceptors (Lipinski definition) is 6. The van der Waals surface area contributed by atoms with E-state index in [1.807, 2.05) is 12.1 Å². The van der Waals surface area contributed by atoms with Crippen molar-refractivity contribution in [3.05, 3.63) is 59.1 Å². The lowest BCUT2D eigenvalue weighted by atomic mass is 10.0. The fraction of sp³-hybridized carbons (Fsp3) is 0.238. The number of nitriles is 2. The minimum Gasteiger partial charge on any atom is -0.495 e. The molecule has 0 bridgehead atoms. The molecule has 2 aromatic heterocycles. The van der Waals surface area contributed by atoms with E-state index in [9.17, 15) is 5.26 Å². The van der Waals surface area contributed by atoms with Crippen LogP contribution in [0.5, 0.6) is 5.75 Å². The summed E-state index contributed by atoms with van der Waals surface area (Å²) in [4.78, 5) is 10.6.